The highest BCUT2D eigenvalue weighted by molar-refractivity contribution is 5.81. The van der Waals surface area contributed by atoms with Crippen LogP contribution in [0, 0.1) is 26.7 Å². The van der Waals surface area contributed by atoms with Gasteiger partial charge in [-0.1, -0.05) is 25.1 Å². The molecular formula is C26H36N2O2. The van der Waals surface area contributed by atoms with E-state index in [0.29, 0.717) is 0 Å². The predicted octanol–water partition coefficient (Wildman–Crippen LogP) is 5.49. The van der Waals surface area contributed by atoms with Crippen molar-refractivity contribution in [2.45, 2.75) is 66.5 Å². The van der Waals surface area contributed by atoms with Gasteiger partial charge in [-0.3, -0.25) is 4.79 Å². The summed E-state index contributed by atoms with van der Waals surface area (Å²) in [5.41, 5.74) is 5.76. The Kier molecular flexibility index (Phi) is 7.06. The lowest BCUT2D eigenvalue weighted by molar-refractivity contribution is -0.127. The number of nitrogens with one attached hydrogen (secondary N) is 1. The molecule has 0 radical (unpaired) electrons. The topological polar surface area (TPSA) is 41.6 Å². The van der Waals surface area contributed by atoms with Crippen LogP contribution in [0.5, 0.6) is 5.75 Å². The fourth-order valence-electron chi connectivity index (χ4n) is 4.02. The first-order valence-electron chi connectivity index (χ1n) is 11.1. The Hall–Kier alpha value is -2.49. The lowest BCUT2D eigenvalue weighted by atomic mass is 9.98. The van der Waals surface area contributed by atoms with Gasteiger partial charge in [0.05, 0.1) is 6.04 Å². The van der Waals surface area contributed by atoms with E-state index in [1.54, 1.807) is 6.92 Å². The van der Waals surface area contributed by atoms with Gasteiger partial charge in [-0.25, -0.2) is 0 Å². The molecule has 1 N–H and O–H groups in total. The van der Waals surface area contributed by atoms with Crippen molar-refractivity contribution >= 4 is 11.6 Å². The zero-order valence-corrected chi connectivity index (χ0v) is 19.3. The van der Waals surface area contributed by atoms with Crippen molar-refractivity contribution in [3.8, 4) is 5.75 Å². The van der Waals surface area contributed by atoms with Crippen molar-refractivity contribution in [2.75, 3.05) is 18.0 Å². The van der Waals surface area contributed by atoms with E-state index in [4.69, 9.17) is 4.74 Å². The van der Waals surface area contributed by atoms with Crippen molar-refractivity contribution in [3.05, 3.63) is 58.7 Å². The Bertz CT molecular complexity index is 867. The number of amides is 1. The Balaban J connectivity index is 1.58. The van der Waals surface area contributed by atoms with Crippen LogP contribution in [0.3, 0.4) is 0 Å². The number of ether oxygens (including phenoxy) is 1. The number of hydrogen-bond acceptors (Lipinski definition) is 3. The molecule has 0 aromatic heterocycles. The van der Waals surface area contributed by atoms with Gasteiger partial charge >= 0.3 is 0 Å². The highest BCUT2D eigenvalue weighted by Crippen LogP contribution is 2.26. The molecular weight excluding hydrogens is 372 g/mol. The molecule has 3 rings (SSSR count). The molecule has 0 spiro atoms. The molecule has 1 aliphatic rings. The maximum absolute atomic E-state index is 12.7. The average molecular weight is 409 g/mol. The van der Waals surface area contributed by atoms with E-state index >= 15 is 0 Å². The van der Waals surface area contributed by atoms with Crippen molar-refractivity contribution < 1.29 is 9.53 Å². The van der Waals surface area contributed by atoms with Gasteiger partial charge in [0, 0.05) is 18.8 Å². The number of anilines is 1. The van der Waals surface area contributed by atoms with Gasteiger partial charge < -0.3 is 15.0 Å². The van der Waals surface area contributed by atoms with Gasteiger partial charge in [0.2, 0.25) is 0 Å². The van der Waals surface area contributed by atoms with E-state index < -0.39 is 6.10 Å². The summed E-state index contributed by atoms with van der Waals surface area (Å²) in [6.45, 7) is 14.5. The monoisotopic (exact) mass is 408 g/mol. The molecule has 2 aromatic carbocycles. The number of piperidine rings is 1. The smallest absolute Gasteiger partial charge is 0.261 e. The first-order chi connectivity index (χ1) is 14.2. The van der Waals surface area contributed by atoms with Crippen LogP contribution in [-0.2, 0) is 4.79 Å². The molecule has 4 heteroatoms. The molecule has 0 unspecified atom stereocenters. The fraction of sp³-hybridized carbons (Fsp3) is 0.500. The summed E-state index contributed by atoms with van der Waals surface area (Å²) in [7, 11) is 0. The number of hydrogen-bond donors (Lipinski definition) is 1. The number of rotatable bonds is 6. The average Bonchev–Trinajstić information content (AvgIpc) is 2.72. The van der Waals surface area contributed by atoms with E-state index in [2.05, 4.69) is 54.4 Å². The molecule has 1 heterocycles. The lowest BCUT2D eigenvalue weighted by Crippen LogP contribution is -2.38. The second kappa shape index (κ2) is 9.55. The lowest BCUT2D eigenvalue weighted by Gasteiger charge is -2.32. The van der Waals surface area contributed by atoms with Crippen LogP contribution < -0.4 is 15.0 Å². The van der Waals surface area contributed by atoms with Crippen LogP contribution >= 0.6 is 0 Å². The summed E-state index contributed by atoms with van der Waals surface area (Å²) < 4.78 is 5.99. The van der Waals surface area contributed by atoms with Gasteiger partial charge in [-0.2, -0.15) is 0 Å². The quantitative estimate of drug-likeness (QED) is 0.687. The van der Waals surface area contributed by atoms with Crippen LogP contribution in [-0.4, -0.2) is 25.1 Å². The van der Waals surface area contributed by atoms with E-state index in [0.717, 1.165) is 41.4 Å². The van der Waals surface area contributed by atoms with E-state index in [1.807, 2.05) is 26.8 Å². The third kappa shape index (κ3) is 5.35. The fourth-order valence-corrected chi connectivity index (χ4v) is 4.02. The molecule has 1 aliphatic heterocycles. The van der Waals surface area contributed by atoms with Crippen molar-refractivity contribution in [1.82, 2.24) is 5.32 Å². The molecule has 4 nitrogen and oxygen atoms in total. The molecule has 0 aliphatic carbocycles. The normalized spacial score (nSPS) is 16.8. The van der Waals surface area contributed by atoms with Crippen LogP contribution in [0.4, 0.5) is 5.69 Å². The van der Waals surface area contributed by atoms with Gasteiger partial charge in [-0.05, 0) is 93.8 Å². The highest BCUT2D eigenvalue weighted by Gasteiger charge is 2.20. The minimum Gasteiger partial charge on any atom is -0.481 e. The molecule has 162 valence electrons. The maximum atomic E-state index is 12.7. The van der Waals surface area contributed by atoms with Gasteiger partial charge in [-0.15, -0.1) is 0 Å². The predicted molar refractivity (Wildman–Crippen MR) is 124 cm³/mol. The van der Waals surface area contributed by atoms with Gasteiger partial charge in [0.15, 0.2) is 6.10 Å². The van der Waals surface area contributed by atoms with E-state index in [1.165, 1.54) is 24.1 Å². The number of carbonyl (C=O) groups excluding carboxylic acids is 1. The molecule has 2 atom stereocenters. The molecule has 2 aromatic rings. The summed E-state index contributed by atoms with van der Waals surface area (Å²) in [5, 5.41) is 3.09. The Morgan fingerprint density at radius 1 is 1.07 bits per heavy atom. The van der Waals surface area contributed by atoms with Crippen molar-refractivity contribution in [2.24, 2.45) is 5.92 Å². The Labute approximate surface area is 181 Å². The molecule has 1 amide bonds. The summed E-state index contributed by atoms with van der Waals surface area (Å²) in [4.78, 5) is 15.2. The van der Waals surface area contributed by atoms with Crippen molar-refractivity contribution in [3.63, 3.8) is 0 Å². The third-order valence-electron chi connectivity index (χ3n) is 6.34. The summed E-state index contributed by atoms with van der Waals surface area (Å²) in [5.74, 6) is 1.51. The molecule has 1 saturated heterocycles. The third-order valence-corrected chi connectivity index (χ3v) is 6.34. The largest absolute Gasteiger partial charge is 0.481 e. The number of benzene rings is 2. The molecule has 0 saturated carbocycles. The van der Waals surface area contributed by atoms with Crippen LogP contribution in [0.15, 0.2) is 36.4 Å². The van der Waals surface area contributed by atoms with E-state index in [9.17, 15) is 4.79 Å². The minimum atomic E-state index is -0.554. The molecule has 0 bridgehead atoms. The first-order valence-corrected chi connectivity index (χ1v) is 11.1. The zero-order chi connectivity index (χ0) is 21.8. The van der Waals surface area contributed by atoms with Crippen molar-refractivity contribution in [1.29, 1.82) is 0 Å². The number of carbonyl (C=O) groups is 1. The van der Waals surface area contributed by atoms with Gasteiger partial charge in [0.1, 0.15) is 5.75 Å². The first kappa shape index (κ1) is 22.2. The van der Waals surface area contributed by atoms with Crippen LogP contribution in [0.1, 0.15) is 61.9 Å². The second-order valence-electron chi connectivity index (χ2n) is 8.96. The molecule has 1 fully saturated rings. The van der Waals surface area contributed by atoms with E-state index in [-0.39, 0.29) is 11.9 Å². The summed E-state index contributed by atoms with van der Waals surface area (Å²) >= 11 is 0. The Morgan fingerprint density at radius 2 is 1.70 bits per heavy atom. The maximum Gasteiger partial charge on any atom is 0.261 e. The van der Waals surface area contributed by atoms with Crippen LogP contribution in [0.2, 0.25) is 0 Å². The molecule has 30 heavy (non-hydrogen) atoms. The number of aryl methyl sites for hydroxylation is 2. The summed E-state index contributed by atoms with van der Waals surface area (Å²) in [6, 6.07) is 12.6. The zero-order valence-electron chi connectivity index (χ0n) is 19.3. The minimum absolute atomic E-state index is 0.0701. The van der Waals surface area contributed by atoms with Crippen LogP contribution in [0.25, 0.3) is 0 Å². The Morgan fingerprint density at radius 3 is 2.33 bits per heavy atom. The second-order valence-corrected chi connectivity index (χ2v) is 8.96. The SMILES string of the molecule is Cc1cc(C)c(C)c(O[C@@H](C)C(=O)N[C@H](C)c2ccc(N3CCC(C)CC3)cc2)c1. The summed E-state index contributed by atoms with van der Waals surface area (Å²) in [6.07, 6.45) is 1.96. The standard InChI is InChI=1S/C26H36N2O2/c1-17-11-13-28(14-12-17)24-9-7-23(8-10-24)21(5)27-26(29)22(6)30-25-16-18(2)15-19(3)20(25)4/h7-10,15-17,21-22H,11-14H2,1-6H3,(H,27,29)/t21-,22+/m1/s1. The highest BCUT2D eigenvalue weighted by atomic mass is 16.5. The van der Waals surface area contributed by atoms with Gasteiger partial charge in [0.25, 0.3) is 5.91 Å². The number of nitrogens with zero attached hydrogens (tertiary/aromatic N) is 1.